The molecule has 3 rings (SSSR count). The molecule has 2 amide bonds. The zero-order valence-corrected chi connectivity index (χ0v) is 15.8. The monoisotopic (exact) mass is 367 g/mol. The van der Waals surface area contributed by atoms with Crippen molar-refractivity contribution in [2.45, 2.75) is 19.9 Å². The van der Waals surface area contributed by atoms with Crippen LogP contribution in [-0.2, 0) is 11.3 Å². The summed E-state index contributed by atoms with van der Waals surface area (Å²) in [4.78, 5) is 27.9. The molecule has 0 spiro atoms. The topological polar surface area (TPSA) is 71.3 Å². The predicted molar refractivity (Wildman–Crippen MR) is 103 cm³/mol. The van der Waals surface area contributed by atoms with Crippen LogP contribution in [0.15, 0.2) is 42.6 Å². The van der Waals surface area contributed by atoms with Crippen LogP contribution in [0.25, 0.3) is 6.08 Å². The van der Waals surface area contributed by atoms with Gasteiger partial charge >= 0.3 is 0 Å². The summed E-state index contributed by atoms with van der Waals surface area (Å²) in [5.41, 5.74) is 1.43. The van der Waals surface area contributed by atoms with Gasteiger partial charge in [-0.05, 0) is 12.5 Å². The number of aromatic nitrogens is 3. The maximum absolute atomic E-state index is 12.6. The Morgan fingerprint density at radius 2 is 2.11 bits per heavy atom. The Bertz CT molecular complexity index is 815. The third-order valence-electron chi connectivity index (χ3n) is 4.72. The number of allylic oxidation sites excluding steroid dienone is 1. The minimum absolute atomic E-state index is 0.166. The molecule has 2 aromatic rings. The Kier molecular flexibility index (Phi) is 6.01. The molecule has 1 fully saturated rings. The first kappa shape index (κ1) is 18.8. The summed E-state index contributed by atoms with van der Waals surface area (Å²) in [7, 11) is 1.75. The van der Waals surface area contributed by atoms with E-state index in [1.54, 1.807) is 22.8 Å². The van der Waals surface area contributed by atoms with Gasteiger partial charge in [-0.1, -0.05) is 47.7 Å². The minimum atomic E-state index is -0.171. The molecule has 142 valence electrons. The highest BCUT2D eigenvalue weighted by atomic mass is 16.2. The van der Waals surface area contributed by atoms with Crippen molar-refractivity contribution in [3.63, 3.8) is 0 Å². The molecule has 27 heavy (non-hydrogen) atoms. The van der Waals surface area contributed by atoms with Gasteiger partial charge in [-0.25, -0.2) is 4.68 Å². The van der Waals surface area contributed by atoms with Gasteiger partial charge in [0.1, 0.15) is 0 Å². The normalized spacial score (nSPS) is 17.0. The van der Waals surface area contributed by atoms with Gasteiger partial charge in [0, 0.05) is 39.0 Å². The van der Waals surface area contributed by atoms with Crippen LogP contribution in [0, 0.1) is 5.92 Å². The highest BCUT2D eigenvalue weighted by molar-refractivity contribution is 5.91. The maximum Gasteiger partial charge on any atom is 0.275 e. The molecular weight excluding hydrogens is 342 g/mol. The molecule has 0 N–H and O–H groups in total. The first-order valence-electron chi connectivity index (χ1n) is 9.21. The van der Waals surface area contributed by atoms with Crippen molar-refractivity contribution in [3.05, 3.63) is 53.9 Å². The van der Waals surface area contributed by atoms with Crippen molar-refractivity contribution in [2.75, 3.05) is 26.7 Å². The largest absolute Gasteiger partial charge is 0.343 e. The fourth-order valence-corrected chi connectivity index (χ4v) is 3.29. The molecule has 0 bridgehead atoms. The van der Waals surface area contributed by atoms with E-state index in [0.717, 1.165) is 12.1 Å². The quantitative estimate of drug-likeness (QED) is 0.750. The van der Waals surface area contributed by atoms with E-state index in [2.05, 4.69) is 10.3 Å². The zero-order valence-electron chi connectivity index (χ0n) is 15.8. The van der Waals surface area contributed by atoms with Crippen LogP contribution in [0.1, 0.15) is 29.4 Å². The van der Waals surface area contributed by atoms with Gasteiger partial charge in [-0.15, -0.1) is 5.10 Å². The van der Waals surface area contributed by atoms with Crippen LogP contribution in [-0.4, -0.2) is 63.3 Å². The molecule has 1 saturated heterocycles. The van der Waals surface area contributed by atoms with E-state index in [1.807, 2.05) is 54.3 Å². The first-order chi connectivity index (χ1) is 13.1. The average Bonchev–Trinajstić information content (AvgIpc) is 3.28. The van der Waals surface area contributed by atoms with Crippen molar-refractivity contribution in [1.82, 2.24) is 24.8 Å². The number of benzene rings is 1. The molecule has 7 nitrogen and oxygen atoms in total. The fraction of sp³-hybridized carbons (Fsp3) is 0.400. The van der Waals surface area contributed by atoms with Crippen LogP contribution >= 0.6 is 0 Å². The maximum atomic E-state index is 12.6. The predicted octanol–water partition coefficient (Wildman–Crippen LogP) is 1.93. The molecule has 0 saturated carbocycles. The molecule has 1 atom stereocenters. The number of likely N-dealkylation sites (tertiary alicyclic amines) is 1. The Balaban J connectivity index is 1.53. The number of nitrogens with zero attached hydrogens (tertiary/aromatic N) is 5. The molecule has 1 unspecified atom stereocenters. The van der Waals surface area contributed by atoms with Gasteiger partial charge in [-0.3, -0.25) is 9.59 Å². The van der Waals surface area contributed by atoms with Gasteiger partial charge in [0.2, 0.25) is 5.91 Å². The standard InChI is InChI=1S/C20H25N5O2/c1-3-24-14-17(12-19(24)26)13-23(2)20(27)18-15-25(22-21-18)11-7-10-16-8-5-4-6-9-16/h4-10,15,17H,3,11-14H2,1-2H3/b10-7+. The van der Waals surface area contributed by atoms with E-state index in [9.17, 15) is 9.59 Å². The summed E-state index contributed by atoms with van der Waals surface area (Å²) in [6, 6.07) is 9.99. The number of carbonyl (C=O) groups excluding carboxylic acids is 2. The Labute approximate surface area is 159 Å². The minimum Gasteiger partial charge on any atom is -0.343 e. The summed E-state index contributed by atoms with van der Waals surface area (Å²) in [6.45, 7) is 4.49. The number of amides is 2. The van der Waals surface area contributed by atoms with E-state index in [4.69, 9.17) is 0 Å². The van der Waals surface area contributed by atoms with E-state index in [0.29, 0.717) is 31.7 Å². The first-order valence-corrected chi connectivity index (χ1v) is 9.21. The molecule has 0 radical (unpaired) electrons. The summed E-state index contributed by atoms with van der Waals surface area (Å²) in [5.74, 6) is 0.172. The van der Waals surface area contributed by atoms with Gasteiger partial charge in [0.15, 0.2) is 5.69 Å². The van der Waals surface area contributed by atoms with Crippen LogP contribution < -0.4 is 0 Å². The molecule has 1 aromatic carbocycles. The van der Waals surface area contributed by atoms with Gasteiger partial charge in [0.25, 0.3) is 5.91 Å². The van der Waals surface area contributed by atoms with E-state index >= 15 is 0 Å². The van der Waals surface area contributed by atoms with E-state index < -0.39 is 0 Å². The molecule has 0 aliphatic carbocycles. The van der Waals surface area contributed by atoms with Crippen LogP contribution in [0.4, 0.5) is 0 Å². The summed E-state index contributed by atoms with van der Waals surface area (Å²) in [5, 5.41) is 8.02. The molecular formula is C20H25N5O2. The highest BCUT2D eigenvalue weighted by Gasteiger charge is 2.30. The Morgan fingerprint density at radius 1 is 1.33 bits per heavy atom. The molecule has 1 aliphatic rings. The van der Waals surface area contributed by atoms with Crippen molar-refractivity contribution in [3.8, 4) is 0 Å². The van der Waals surface area contributed by atoms with Gasteiger partial charge in [0.05, 0.1) is 12.7 Å². The summed E-state index contributed by atoms with van der Waals surface area (Å²) >= 11 is 0. The second-order valence-corrected chi connectivity index (χ2v) is 6.83. The second-order valence-electron chi connectivity index (χ2n) is 6.83. The Morgan fingerprint density at radius 3 is 2.81 bits per heavy atom. The smallest absolute Gasteiger partial charge is 0.275 e. The molecule has 2 heterocycles. The molecule has 7 heteroatoms. The summed E-state index contributed by atoms with van der Waals surface area (Å²) in [6.07, 6.45) is 6.14. The lowest BCUT2D eigenvalue weighted by molar-refractivity contribution is -0.127. The van der Waals surface area contributed by atoms with Crippen molar-refractivity contribution in [1.29, 1.82) is 0 Å². The van der Waals surface area contributed by atoms with Crippen molar-refractivity contribution in [2.24, 2.45) is 5.92 Å². The van der Waals surface area contributed by atoms with Crippen LogP contribution in [0.3, 0.4) is 0 Å². The zero-order chi connectivity index (χ0) is 19.2. The third kappa shape index (κ3) is 4.81. The third-order valence-corrected chi connectivity index (χ3v) is 4.72. The number of carbonyl (C=O) groups is 2. The molecule has 1 aliphatic heterocycles. The van der Waals surface area contributed by atoms with E-state index in [-0.39, 0.29) is 17.7 Å². The van der Waals surface area contributed by atoms with Crippen molar-refractivity contribution >= 4 is 17.9 Å². The number of hydrogen-bond acceptors (Lipinski definition) is 4. The van der Waals surface area contributed by atoms with Gasteiger partial charge in [-0.2, -0.15) is 0 Å². The van der Waals surface area contributed by atoms with Crippen LogP contribution in [0.2, 0.25) is 0 Å². The highest BCUT2D eigenvalue weighted by Crippen LogP contribution is 2.18. The Hall–Kier alpha value is -2.96. The SMILES string of the molecule is CCN1CC(CN(C)C(=O)c2cn(C/C=C/c3ccccc3)nn2)CC1=O. The second kappa shape index (κ2) is 8.62. The number of rotatable bonds is 7. The molecule has 1 aromatic heterocycles. The average molecular weight is 367 g/mol. The lowest BCUT2D eigenvalue weighted by Crippen LogP contribution is -2.33. The van der Waals surface area contributed by atoms with Crippen LogP contribution in [0.5, 0.6) is 0 Å². The van der Waals surface area contributed by atoms with Gasteiger partial charge < -0.3 is 9.80 Å². The van der Waals surface area contributed by atoms with E-state index in [1.165, 1.54) is 0 Å². The summed E-state index contributed by atoms with van der Waals surface area (Å²) < 4.78 is 1.64. The number of hydrogen-bond donors (Lipinski definition) is 0. The van der Waals surface area contributed by atoms with Crippen molar-refractivity contribution < 1.29 is 9.59 Å². The lowest BCUT2D eigenvalue weighted by atomic mass is 10.1. The lowest BCUT2D eigenvalue weighted by Gasteiger charge is -2.20. The fourth-order valence-electron chi connectivity index (χ4n) is 3.29.